The smallest absolute Gasteiger partial charge is 0.339 e. The number of carbonyl (C=O) groups is 1. The van der Waals surface area contributed by atoms with Gasteiger partial charge in [0.15, 0.2) is 0 Å². The van der Waals surface area contributed by atoms with Crippen molar-refractivity contribution in [1.29, 1.82) is 0 Å². The summed E-state index contributed by atoms with van der Waals surface area (Å²) in [4.78, 5) is 13.7. The summed E-state index contributed by atoms with van der Waals surface area (Å²) in [7, 11) is -3.87. The molecule has 0 bridgehead atoms. The van der Waals surface area contributed by atoms with Gasteiger partial charge in [0.1, 0.15) is 10.5 Å². The molecule has 0 saturated carbocycles. The second-order valence-electron chi connectivity index (χ2n) is 3.97. The largest absolute Gasteiger partial charge is 0.478 e. The molecule has 2 heterocycles. The Bertz CT molecular complexity index is 729. The van der Waals surface area contributed by atoms with E-state index in [2.05, 4.69) is 19.9 Å². The second-order valence-corrected chi connectivity index (χ2v) is 5.62. The van der Waals surface area contributed by atoms with Crippen molar-refractivity contribution in [2.24, 2.45) is 0 Å². The Morgan fingerprint density at radius 1 is 1.37 bits per heavy atom. The van der Waals surface area contributed by atoms with Gasteiger partial charge >= 0.3 is 5.97 Å². The van der Waals surface area contributed by atoms with Crippen molar-refractivity contribution in [1.82, 2.24) is 15.2 Å². The molecule has 102 valence electrons. The number of H-pyrrole nitrogens is 2. The summed E-state index contributed by atoms with van der Waals surface area (Å²) in [5.74, 6) is -1.21. The summed E-state index contributed by atoms with van der Waals surface area (Å²) in [6.45, 7) is 3.10. The Morgan fingerprint density at radius 2 is 2.05 bits per heavy atom. The van der Waals surface area contributed by atoms with E-state index in [1.165, 1.54) is 6.20 Å². The first-order valence-corrected chi connectivity index (χ1v) is 6.75. The molecule has 0 atom stereocenters. The summed E-state index contributed by atoms with van der Waals surface area (Å²) < 4.78 is 26.4. The molecule has 19 heavy (non-hydrogen) atoms. The number of aromatic amines is 2. The van der Waals surface area contributed by atoms with Crippen LogP contribution in [0.25, 0.3) is 0 Å². The van der Waals surface area contributed by atoms with Crippen LogP contribution in [0.4, 0.5) is 5.69 Å². The van der Waals surface area contributed by atoms with Crippen molar-refractivity contribution < 1.29 is 18.3 Å². The lowest BCUT2D eigenvalue weighted by atomic mass is 10.2. The average molecular weight is 284 g/mol. The molecular formula is C10H12N4O4S. The van der Waals surface area contributed by atoms with Crippen molar-refractivity contribution in [3.05, 3.63) is 29.3 Å². The van der Waals surface area contributed by atoms with Crippen LogP contribution in [0.15, 0.2) is 17.3 Å². The first-order chi connectivity index (χ1) is 8.83. The minimum Gasteiger partial charge on any atom is -0.478 e. The van der Waals surface area contributed by atoms with Gasteiger partial charge in [-0.15, -0.1) is 0 Å². The normalized spacial score (nSPS) is 11.5. The van der Waals surface area contributed by atoms with Crippen LogP contribution < -0.4 is 4.72 Å². The highest BCUT2D eigenvalue weighted by atomic mass is 32.2. The van der Waals surface area contributed by atoms with E-state index < -0.39 is 16.0 Å². The monoisotopic (exact) mass is 284 g/mol. The summed E-state index contributed by atoms with van der Waals surface area (Å²) >= 11 is 0. The molecule has 0 radical (unpaired) electrons. The molecule has 4 N–H and O–H groups in total. The lowest BCUT2D eigenvalue weighted by molar-refractivity contribution is 0.0697. The summed E-state index contributed by atoms with van der Waals surface area (Å²) in [5, 5.41) is 15.2. The first kappa shape index (κ1) is 13.1. The number of hydrogen-bond donors (Lipinski definition) is 4. The lowest BCUT2D eigenvalue weighted by Gasteiger charge is -2.06. The quantitative estimate of drug-likeness (QED) is 0.661. The summed E-state index contributed by atoms with van der Waals surface area (Å²) in [5.41, 5.74) is 0.626. The number of nitrogens with zero attached hydrogens (tertiary/aromatic N) is 1. The van der Waals surface area contributed by atoms with Crippen LogP contribution in [0.1, 0.15) is 21.7 Å². The number of carboxylic acid groups (broad SMARTS) is 1. The van der Waals surface area contributed by atoms with Crippen molar-refractivity contribution >= 4 is 21.7 Å². The predicted octanol–water partition coefficient (Wildman–Crippen LogP) is 0.854. The number of aryl methyl sites for hydroxylation is 2. The van der Waals surface area contributed by atoms with E-state index >= 15 is 0 Å². The maximum atomic E-state index is 12.1. The molecule has 8 nitrogen and oxygen atoms in total. The third-order valence-electron chi connectivity index (χ3n) is 2.61. The summed E-state index contributed by atoms with van der Waals surface area (Å²) in [6.07, 6.45) is 2.46. The Hall–Kier alpha value is -2.29. The highest BCUT2D eigenvalue weighted by Gasteiger charge is 2.23. The average Bonchev–Trinajstić information content (AvgIpc) is 2.85. The predicted molar refractivity (Wildman–Crippen MR) is 66.6 cm³/mol. The van der Waals surface area contributed by atoms with E-state index in [9.17, 15) is 13.2 Å². The fourth-order valence-electron chi connectivity index (χ4n) is 1.69. The van der Waals surface area contributed by atoms with Gasteiger partial charge in [-0.05, 0) is 13.8 Å². The molecule has 0 fully saturated rings. The number of aromatic nitrogens is 3. The third-order valence-corrected chi connectivity index (χ3v) is 4.09. The van der Waals surface area contributed by atoms with E-state index in [-0.39, 0.29) is 16.1 Å². The maximum absolute atomic E-state index is 12.1. The lowest BCUT2D eigenvalue weighted by Crippen LogP contribution is -2.15. The molecule has 2 rings (SSSR count). The van der Waals surface area contributed by atoms with Gasteiger partial charge in [-0.25, -0.2) is 13.2 Å². The Morgan fingerprint density at radius 3 is 2.58 bits per heavy atom. The molecule has 0 saturated heterocycles. The maximum Gasteiger partial charge on any atom is 0.339 e. The van der Waals surface area contributed by atoms with E-state index in [1.54, 1.807) is 13.8 Å². The zero-order valence-electron chi connectivity index (χ0n) is 10.2. The topological polar surface area (TPSA) is 128 Å². The molecule has 2 aromatic heterocycles. The number of nitrogens with one attached hydrogen (secondary N) is 3. The molecule has 0 unspecified atom stereocenters. The van der Waals surface area contributed by atoms with Crippen LogP contribution in [0.5, 0.6) is 0 Å². The molecule has 0 aliphatic carbocycles. The number of hydrogen-bond acceptors (Lipinski definition) is 4. The fourth-order valence-corrected chi connectivity index (χ4v) is 2.89. The van der Waals surface area contributed by atoms with Crippen molar-refractivity contribution in [2.45, 2.75) is 18.7 Å². The molecular weight excluding hydrogens is 272 g/mol. The standard InChI is InChI=1S/C10H12N4O4S/c1-5-8(4-12-13-5)19(17,18)14-7-3-11-6(2)9(7)10(15)16/h3-4,11,14H,1-2H3,(H,12,13)(H,15,16). The van der Waals surface area contributed by atoms with Crippen LogP contribution in [-0.4, -0.2) is 34.7 Å². The SMILES string of the molecule is Cc1[nH]ncc1S(=O)(=O)Nc1c[nH]c(C)c1C(=O)O. The molecule has 0 aliphatic heterocycles. The molecule has 0 amide bonds. The van der Waals surface area contributed by atoms with E-state index in [0.29, 0.717) is 11.4 Å². The van der Waals surface area contributed by atoms with E-state index in [1.807, 2.05) is 0 Å². The highest BCUT2D eigenvalue weighted by molar-refractivity contribution is 7.92. The molecule has 0 aliphatic rings. The Labute approximate surface area is 108 Å². The Balaban J connectivity index is 2.42. The van der Waals surface area contributed by atoms with Gasteiger partial charge in [0.2, 0.25) is 0 Å². The number of anilines is 1. The van der Waals surface area contributed by atoms with Gasteiger partial charge in [0, 0.05) is 11.9 Å². The van der Waals surface area contributed by atoms with Crippen LogP contribution >= 0.6 is 0 Å². The zero-order valence-corrected chi connectivity index (χ0v) is 11.0. The molecule has 2 aromatic rings. The Kier molecular flexibility index (Phi) is 3.06. The zero-order chi connectivity index (χ0) is 14.2. The number of carboxylic acids is 1. The number of aromatic carboxylic acids is 1. The van der Waals surface area contributed by atoms with Crippen LogP contribution in [0.3, 0.4) is 0 Å². The third kappa shape index (κ3) is 2.32. The van der Waals surface area contributed by atoms with E-state index in [4.69, 9.17) is 5.11 Å². The molecule has 0 spiro atoms. The number of sulfonamides is 1. The van der Waals surface area contributed by atoms with Crippen LogP contribution in [0.2, 0.25) is 0 Å². The number of rotatable bonds is 4. The highest BCUT2D eigenvalue weighted by Crippen LogP contribution is 2.23. The van der Waals surface area contributed by atoms with Crippen LogP contribution in [-0.2, 0) is 10.0 Å². The van der Waals surface area contributed by atoms with Gasteiger partial charge in [0.05, 0.1) is 17.6 Å². The van der Waals surface area contributed by atoms with Gasteiger partial charge in [-0.3, -0.25) is 9.82 Å². The molecule has 0 aromatic carbocycles. The van der Waals surface area contributed by atoms with Gasteiger partial charge in [0.25, 0.3) is 10.0 Å². The van der Waals surface area contributed by atoms with E-state index in [0.717, 1.165) is 6.20 Å². The second kappa shape index (κ2) is 4.43. The van der Waals surface area contributed by atoms with Gasteiger partial charge in [-0.1, -0.05) is 0 Å². The fraction of sp³-hybridized carbons (Fsp3) is 0.200. The van der Waals surface area contributed by atoms with Crippen molar-refractivity contribution in [3.63, 3.8) is 0 Å². The minimum atomic E-state index is -3.87. The van der Waals surface area contributed by atoms with Crippen molar-refractivity contribution in [3.8, 4) is 0 Å². The first-order valence-electron chi connectivity index (χ1n) is 5.27. The minimum absolute atomic E-state index is 0.00870. The van der Waals surface area contributed by atoms with Gasteiger partial charge < -0.3 is 10.1 Å². The summed E-state index contributed by atoms with van der Waals surface area (Å²) in [6, 6.07) is 0. The van der Waals surface area contributed by atoms with Crippen molar-refractivity contribution in [2.75, 3.05) is 4.72 Å². The van der Waals surface area contributed by atoms with Gasteiger partial charge in [-0.2, -0.15) is 5.10 Å². The molecule has 9 heteroatoms. The van der Waals surface area contributed by atoms with Crippen LogP contribution in [0, 0.1) is 13.8 Å².